The number of amides is 1. The van der Waals surface area contributed by atoms with Crippen LogP contribution in [-0.4, -0.2) is 77.5 Å². The summed E-state index contributed by atoms with van der Waals surface area (Å²) in [7, 11) is 0. The summed E-state index contributed by atoms with van der Waals surface area (Å²) >= 11 is 0. The SMILES string of the molecule is CC(C)(C)OC(=O)N1CCN(CCc2ccc3c(C4CCNCC4)[nH]nc3c2)CC1. The zero-order valence-electron chi connectivity index (χ0n) is 18.5. The monoisotopic (exact) mass is 413 g/mol. The van der Waals surface area contributed by atoms with Crippen molar-refractivity contribution in [2.75, 3.05) is 45.8 Å². The molecule has 0 unspecified atom stereocenters. The van der Waals surface area contributed by atoms with Crippen molar-refractivity contribution >= 4 is 17.0 Å². The number of H-pyrrole nitrogens is 1. The average Bonchev–Trinajstić information content (AvgIpc) is 3.15. The number of hydrogen-bond acceptors (Lipinski definition) is 5. The molecule has 3 heterocycles. The quantitative estimate of drug-likeness (QED) is 0.806. The third kappa shape index (κ3) is 5.13. The lowest BCUT2D eigenvalue weighted by Gasteiger charge is -2.35. The van der Waals surface area contributed by atoms with Crippen LogP contribution in [0.1, 0.15) is 50.8 Å². The molecule has 0 bridgehead atoms. The molecule has 2 fully saturated rings. The maximum absolute atomic E-state index is 12.2. The number of fused-ring (bicyclic) bond motifs is 1. The summed E-state index contributed by atoms with van der Waals surface area (Å²) in [6.45, 7) is 12.1. The minimum atomic E-state index is -0.438. The lowest BCUT2D eigenvalue weighted by Crippen LogP contribution is -2.50. The van der Waals surface area contributed by atoms with Gasteiger partial charge < -0.3 is 15.0 Å². The normalized spacial score (nSPS) is 19.4. The molecule has 2 aliphatic heterocycles. The van der Waals surface area contributed by atoms with Crippen LogP contribution in [0.4, 0.5) is 4.79 Å². The number of piperidine rings is 1. The number of aromatic nitrogens is 2. The summed E-state index contributed by atoms with van der Waals surface area (Å²) < 4.78 is 5.48. The van der Waals surface area contributed by atoms with Crippen LogP contribution in [0.3, 0.4) is 0 Å². The third-order valence-corrected chi connectivity index (χ3v) is 6.14. The number of aromatic amines is 1. The highest BCUT2D eigenvalue weighted by Gasteiger charge is 2.25. The number of benzene rings is 1. The second kappa shape index (κ2) is 8.94. The van der Waals surface area contributed by atoms with Crippen molar-refractivity contribution in [2.45, 2.75) is 51.6 Å². The predicted octanol–water partition coefficient (Wildman–Crippen LogP) is 3.13. The van der Waals surface area contributed by atoms with E-state index in [-0.39, 0.29) is 6.09 Å². The third-order valence-electron chi connectivity index (χ3n) is 6.14. The number of nitrogens with zero attached hydrogens (tertiary/aromatic N) is 3. The smallest absolute Gasteiger partial charge is 0.410 e. The average molecular weight is 414 g/mol. The van der Waals surface area contributed by atoms with Crippen molar-refractivity contribution in [3.8, 4) is 0 Å². The van der Waals surface area contributed by atoms with Gasteiger partial charge >= 0.3 is 6.09 Å². The number of piperazine rings is 1. The van der Waals surface area contributed by atoms with Crippen molar-refractivity contribution in [3.63, 3.8) is 0 Å². The molecular formula is C23H35N5O2. The van der Waals surface area contributed by atoms with Gasteiger partial charge in [-0.2, -0.15) is 5.10 Å². The topological polar surface area (TPSA) is 73.5 Å². The fourth-order valence-electron chi connectivity index (χ4n) is 4.42. The number of rotatable bonds is 4. The van der Waals surface area contributed by atoms with E-state index in [0.29, 0.717) is 5.92 Å². The number of ether oxygens (including phenoxy) is 1. The lowest BCUT2D eigenvalue weighted by molar-refractivity contribution is 0.0146. The Balaban J connectivity index is 1.29. The standard InChI is InChI=1S/C23H35N5O2/c1-23(2,3)30-22(29)28-14-12-27(13-15-28)11-8-17-4-5-19-20(16-17)25-26-21(19)18-6-9-24-10-7-18/h4-5,16,18,24H,6-15H2,1-3H3,(H,25,26). The Kier molecular flexibility index (Phi) is 6.29. The largest absolute Gasteiger partial charge is 0.444 e. The van der Waals surface area contributed by atoms with Crippen molar-refractivity contribution in [1.82, 2.24) is 25.3 Å². The zero-order valence-corrected chi connectivity index (χ0v) is 18.5. The summed E-state index contributed by atoms with van der Waals surface area (Å²) in [5, 5.41) is 12.6. The first kappa shape index (κ1) is 21.1. The second-order valence-corrected chi connectivity index (χ2v) is 9.57. The molecule has 2 aliphatic rings. The predicted molar refractivity (Wildman–Crippen MR) is 119 cm³/mol. The fraction of sp³-hybridized carbons (Fsp3) is 0.652. The molecule has 0 radical (unpaired) electrons. The van der Waals surface area contributed by atoms with E-state index in [4.69, 9.17) is 4.74 Å². The zero-order chi connectivity index (χ0) is 21.1. The first-order valence-corrected chi connectivity index (χ1v) is 11.3. The van der Waals surface area contributed by atoms with Gasteiger partial charge in [0.2, 0.25) is 0 Å². The highest BCUT2D eigenvalue weighted by molar-refractivity contribution is 5.82. The Morgan fingerprint density at radius 1 is 1.17 bits per heavy atom. The van der Waals surface area contributed by atoms with E-state index in [1.807, 2.05) is 25.7 Å². The summed E-state index contributed by atoms with van der Waals surface area (Å²) in [5.74, 6) is 0.586. The van der Waals surface area contributed by atoms with Gasteiger partial charge in [0, 0.05) is 49.7 Å². The van der Waals surface area contributed by atoms with Gasteiger partial charge in [-0.15, -0.1) is 0 Å². The van der Waals surface area contributed by atoms with Crippen LogP contribution < -0.4 is 5.32 Å². The van der Waals surface area contributed by atoms with Gasteiger partial charge in [-0.25, -0.2) is 4.79 Å². The van der Waals surface area contributed by atoms with Crippen molar-refractivity contribution in [2.24, 2.45) is 0 Å². The van der Waals surface area contributed by atoms with E-state index >= 15 is 0 Å². The molecule has 2 N–H and O–H groups in total. The molecule has 7 heteroatoms. The molecule has 1 amide bonds. The summed E-state index contributed by atoms with van der Waals surface area (Å²) in [6.07, 6.45) is 3.15. The van der Waals surface area contributed by atoms with Gasteiger partial charge in [-0.1, -0.05) is 12.1 Å². The van der Waals surface area contributed by atoms with Crippen LogP contribution in [0.2, 0.25) is 0 Å². The lowest BCUT2D eigenvalue weighted by atomic mass is 9.92. The molecule has 1 aromatic heterocycles. The number of hydrogen-bond donors (Lipinski definition) is 2. The van der Waals surface area contributed by atoms with Crippen LogP contribution in [0.25, 0.3) is 10.9 Å². The Hall–Kier alpha value is -2.12. The molecule has 2 aromatic rings. The highest BCUT2D eigenvalue weighted by Crippen LogP contribution is 2.30. The Bertz CT molecular complexity index is 858. The van der Waals surface area contributed by atoms with Crippen LogP contribution in [0, 0.1) is 0 Å². The number of carbonyl (C=O) groups excluding carboxylic acids is 1. The summed E-state index contributed by atoms with van der Waals surface area (Å²) in [5.41, 5.74) is 3.26. The molecule has 4 rings (SSSR count). The molecule has 1 aromatic carbocycles. The molecule has 0 spiro atoms. The summed E-state index contributed by atoms with van der Waals surface area (Å²) in [6, 6.07) is 6.72. The highest BCUT2D eigenvalue weighted by atomic mass is 16.6. The van der Waals surface area contributed by atoms with Gasteiger partial charge in [0.15, 0.2) is 0 Å². The molecule has 0 aliphatic carbocycles. The molecule has 30 heavy (non-hydrogen) atoms. The molecule has 0 saturated carbocycles. The van der Waals surface area contributed by atoms with Gasteiger partial charge in [0.25, 0.3) is 0 Å². The molecular weight excluding hydrogens is 378 g/mol. The van der Waals surface area contributed by atoms with Gasteiger partial charge in [-0.05, 0) is 64.8 Å². The van der Waals surface area contributed by atoms with Crippen LogP contribution >= 0.6 is 0 Å². The van der Waals surface area contributed by atoms with E-state index in [1.165, 1.54) is 29.5 Å². The van der Waals surface area contributed by atoms with Crippen LogP contribution in [-0.2, 0) is 11.2 Å². The van der Waals surface area contributed by atoms with Crippen LogP contribution in [0.15, 0.2) is 18.2 Å². The maximum atomic E-state index is 12.2. The van der Waals surface area contributed by atoms with E-state index in [1.54, 1.807) is 0 Å². The Morgan fingerprint density at radius 3 is 2.60 bits per heavy atom. The number of carbonyl (C=O) groups is 1. The van der Waals surface area contributed by atoms with E-state index < -0.39 is 5.60 Å². The minimum absolute atomic E-state index is 0.198. The first-order chi connectivity index (χ1) is 14.4. The first-order valence-electron chi connectivity index (χ1n) is 11.3. The number of nitrogens with one attached hydrogen (secondary N) is 2. The Labute approximate surface area is 179 Å². The van der Waals surface area contributed by atoms with Crippen molar-refractivity contribution in [3.05, 3.63) is 29.5 Å². The molecule has 7 nitrogen and oxygen atoms in total. The van der Waals surface area contributed by atoms with Gasteiger partial charge in [-0.3, -0.25) is 10.00 Å². The van der Waals surface area contributed by atoms with Gasteiger partial charge in [0.1, 0.15) is 5.60 Å². The van der Waals surface area contributed by atoms with E-state index in [9.17, 15) is 4.79 Å². The second-order valence-electron chi connectivity index (χ2n) is 9.57. The van der Waals surface area contributed by atoms with Crippen molar-refractivity contribution in [1.29, 1.82) is 0 Å². The fourth-order valence-corrected chi connectivity index (χ4v) is 4.42. The molecule has 164 valence electrons. The molecule has 0 atom stereocenters. The maximum Gasteiger partial charge on any atom is 0.410 e. The van der Waals surface area contributed by atoms with E-state index in [0.717, 1.165) is 57.8 Å². The summed E-state index contributed by atoms with van der Waals surface area (Å²) in [4.78, 5) is 16.5. The minimum Gasteiger partial charge on any atom is -0.444 e. The van der Waals surface area contributed by atoms with E-state index in [2.05, 4.69) is 38.6 Å². The molecule has 2 saturated heterocycles. The van der Waals surface area contributed by atoms with Gasteiger partial charge in [0.05, 0.1) is 5.52 Å². The Morgan fingerprint density at radius 2 is 1.90 bits per heavy atom. The van der Waals surface area contributed by atoms with Crippen molar-refractivity contribution < 1.29 is 9.53 Å². The van der Waals surface area contributed by atoms with Crippen LogP contribution in [0.5, 0.6) is 0 Å².